The average molecular weight is 211 g/mol. The number of anilines is 1. The van der Waals surface area contributed by atoms with E-state index in [4.69, 9.17) is 17.3 Å². The molecule has 0 saturated carbocycles. The standard InChI is InChI=1S/C11H15ClN2/c1-14-10(7-13)5-3-8-2-4-9(12)6-11(8)14/h2,4,6,10H,3,5,7,13H2,1H3. The zero-order valence-electron chi connectivity index (χ0n) is 8.33. The topological polar surface area (TPSA) is 29.3 Å². The van der Waals surface area contributed by atoms with Gasteiger partial charge in [-0.2, -0.15) is 0 Å². The lowest BCUT2D eigenvalue weighted by molar-refractivity contribution is 0.565. The fourth-order valence-corrected chi connectivity index (χ4v) is 2.23. The number of aryl methyl sites for hydroxylation is 1. The molecule has 1 heterocycles. The number of hydrogen-bond donors (Lipinski definition) is 1. The van der Waals surface area contributed by atoms with Gasteiger partial charge in [0.25, 0.3) is 0 Å². The Balaban J connectivity index is 2.38. The second kappa shape index (κ2) is 3.79. The van der Waals surface area contributed by atoms with E-state index in [-0.39, 0.29) is 0 Å². The van der Waals surface area contributed by atoms with Crippen LogP contribution in [0.15, 0.2) is 18.2 Å². The van der Waals surface area contributed by atoms with Crippen LogP contribution in [0.5, 0.6) is 0 Å². The van der Waals surface area contributed by atoms with Crippen LogP contribution in [0.2, 0.25) is 5.02 Å². The van der Waals surface area contributed by atoms with Crippen molar-refractivity contribution in [2.45, 2.75) is 18.9 Å². The highest BCUT2D eigenvalue weighted by Crippen LogP contribution is 2.31. The zero-order chi connectivity index (χ0) is 10.1. The van der Waals surface area contributed by atoms with Crippen molar-refractivity contribution in [2.75, 3.05) is 18.5 Å². The van der Waals surface area contributed by atoms with Crippen molar-refractivity contribution < 1.29 is 0 Å². The van der Waals surface area contributed by atoms with Gasteiger partial charge in [-0.1, -0.05) is 17.7 Å². The van der Waals surface area contributed by atoms with Gasteiger partial charge in [-0.05, 0) is 30.5 Å². The number of nitrogens with two attached hydrogens (primary N) is 1. The van der Waals surface area contributed by atoms with Crippen molar-refractivity contribution in [1.29, 1.82) is 0 Å². The molecule has 0 saturated heterocycles. The molecule has 1 aromatic carbocycles. The van der Waals surface area contributed by atoms with E-state index >= 15 is 0 Å². The molecule has 2 rings (SSSR count). The average Bonchev–Trinajstić information content (AvgIpc) is 2.20. The number of fused-ring (bicyclic) bond motifs is 1. The smallest absolute Gasteiger partial charge is 0.0426 e. The fraction of sp³-hybridized carbons (Fsp3) is 0.455. The summed E-state index contributed by atoms with van der Waals surface area (Å²) in [7, 11) is 2.09. The monoisotopic (exact) mass is 210 g/mol. The summed E-state index contributed by atoms with van der Waals surface area (Å²) in [6, 6.07) is 6.55. The minimum atomic E-state index is 0.459. The second-order valence-electron chi connectivity index (χ2n) is 3.81. The van der Waals surface area contributed by atoms with E-state index in [9.17, 15) is 0 Å². The summed E-state index contributed by atoms with van der Waals surface area (Å²) in [5.41, 5.74) is 8.33. The van der Waals surface area contributed by atoms with Crippen molar-refractivity contribution >= 4 is 17.3 Å². The first-order chi connectivity index (χ1) is 6.72. The molecular weight excluding hydrogens is 196 g/mol. The first-order valence-corrected chi connectivity index (χ1v) is 5.31. The number of likely N-dealkylation sites (N-methyl/N-ethyl adjacent to an activating group) is 1. The van der Waals surface area contributed by atoms with Gasteiger partial charge in [0.15, 0.2) is 0 Å². The summed E-state index contributed by atoms with van der Waals surface area (Å²) >= 11 is 5.97. The van der Waals surface area contributed by atoms with E-state index in [2.05, 4.69) is 18.0 Å². The van der Waals surface area contributed by atoms with Crippen LogP contribution in [0.3, 0.4) is 0 Å². The Bertz CT molecular complexity index is 338. The van der Waals surface area contributed by atoms with Gasteiger partial charge >= 0.3 is 0 Å². The predicted octanol–water partition coefficient (Wildman–Crippen LogP) is 2.05. The van der Waals surface area contributed by atoms with E-state index in [1.807, 2.05) is 12.1 Å². The maximum absolute atomic E-state index is 5.97. The summed E-state index contributed by atoms with van der Waals surface area (Å²) in [6.45, 7) is 0.711. The second-order valence-corrected chi connectivity index (χ2v) is 4.25. The molecule has 3 heteroatoms. The van der Waals surface area contributed by atoms with E-state index < -0.39 is 0 Å². The Morgan fingerprint density at radius 2 is 2.36 bits per heavy atom. The van der Waals surface area contributed by atoms with Gasteiger partial charge in [0.2, 0.25) is 0 Å². The van der Waals surface area contributed by atoms with Gasteiger partial charge in [0.1, 0.15) is 0 Å². The molecule has 2 nitrogen and oxygen atoms in total. The molecule has 0 aliphatic carbocycles. The number of rotatable bonds is 1. The van der Waals surface area contributed by atoms with Crippen molar-refractivity contribution in [3.8, 4) is 0 Å². The summed E-state index contributed by atoms with van der Waals surface area (Å²) in [5.74, 6) is 0. The zero-order valence-corrected chi connectivity index (χ0v) is 9.09. The van der Waals surface area contributed by atoms with Crippen LogP contribution in [0, 0.1) is 0 Å². The molecular formula is C11H15ClN2. The predicted molar refractivity (Wildman–Crippen MR) is 61.0 cm³/mol. The van der Waals surface area contributed by atoms with Gasteiger partial charge in [-0.3, -0.25) is 0 Å². The third-order valence-corrected chi connectivity index (χ3v) is 3.23. The van der Waals surface area contributed by atoms with Crippen LogP contribution >= 0.6 is 11.6 Å². The molecule has 1 aliphatic heterocycles. The SMILES string of the molecule is CN1c2cc(Cl)ccc2CCC1CN. The van der Waals surface area contributed by atoms with Crippen LogP contribution in [-0.2, 0) is 6.42 Å². The molecule has 0 fully saturated rings. The fourth-order valence-electron chi connectivity index (χ4n) is 2.07. The Hall–Kier alpha value is -0.730. The highest BCUT2D eigenvalue weighted by atomic mass is 35.5. The third-order valence-electron chi connectivity index (χ3n) is 2.99. The summed E-state index contributed by atoms with van der Waals surface area (Å²) in [6.07, 6.45) is 2.25. The van der Waals surface area contributed by atoms with Gasteiger partial charge < -0.3 is 10.6 Å². The highest BCUT2D eigenvalue weighted by molar-refractivity contribution is 6.30. The molecule has 14 heavy (non-hydrogen) atoms. The first kappa shape index (κ1) is 9.81. The molecule has 0 bridgehead atoms. The third kappa shape index (κ3) is 1.60. The maximum atomic E-state index is 5.97. The number of halogens is 1. The van der Waals surface area contributed by atoms with Gasteiger partial charge in [0.05, 0.1) is 0 Å². The van der Waals surface area contributed by atoms with Crippen LogP contribution < -0.4 is 10.6 Å². The minimum absolute atomic E-state index is 0.459. The van der Waals surface area contributed by atoms with Crippen molar-refractivity contribution in [3.63, 3.8) is 0 Å². The van der Waals surface area contributed by atoms with Crippen molar-refractivity contribution in [3.05, 3.63) is 28.8 Å². The molecule has 0 amide bonds. The van der Waals surface area contributed by atoms with Crippen LogP contribution in [0.25, 0.3) is 0 Å². The Morgan fingerprint density at radius 1 is 1.57 bits per heavy atom. The lowest BCUT2D eigenvalue weighted by Crippen LogP contribution is -2.41. The lowest BCUT2D eigenvalue weighted by Gasteiger charge is -2.35. The van der Waals surface area contributed by atoms with Crippen molar-refractivity contribution in [2.24, 2.45) is 5.73 Å². The number of nitrogens with zero attached hydrogens (tertiary/aromatic N) is 1. The Labute approximate surface area is 89.7 Å². The molecule has 1 aromatic rings. The molecule has 1 aliphatic rings. The summed E-state index contributed by atoms with van der Waals surface area (Å²) in [4.78, 5) is 2.24. The highest BCUT2D eigenvalue weighted by Gasteiger charge is 2.21. The van der Waals surface area contributed by atoms with Crippen LogP contribution in [-0.4, -0.2) is 19.6 Å². The Morgan fingerprint density at radius 3 is 3.07 bits per heavy atom. The summed E-state index contributed by atoms with van der Waals surface area (Å²) < 4.78 is 0. The first-order valence-electron chi connectivity index (χ1n) is 4.93. The van der Waals surface area contributed by atoms with Crippen LogP contribution in [0.4, 0.5) is 5.69 Å². The molecule has 1 atom stereocenters. The van der Waals surface area contributed by atoms with Gasteiger partial charge in [-0.15, -0.1) is 0 Å². The van der Waals surface area contributed by atoms with E-state index in [1.165, 1.54) is 11.3 Å². The van der Waals surface area contributed by atoms with Gasteiger partial charge in [0, 0.05) is 30.3 Å². The maximum Gasteiger partial charge on any atom is 0.0426 e. The molecule has 0 radical (unpaired) electrons. The van der Waals surface area contributed by atoms with Gasteiger partial charge in [-0.25, -0.2) is 0 Å². The van der Waals surface area contributed by atoms with E-state index in [0.29, 0.717) is 12.6 Å². The molecule has 0 aromatic heterocycles. The molecule has 1 unspecified atom stereocenters. The van der Waals surface area contributed by atoms with E-state index in [1.54, 1.807) is 0 Å². The normalized spacial score (nSPS) is 20.8. The number of hydrogen-bond acceptors (Lipinski definition) is 2. The summed E-state index contributed by atoms with van der Waals surface area (Å²) in [5, 5.41) is 0.799. The minimum Gasteiger partial charge on any atom is -0.370 e. The van der Waals surface area contributed by atoms with Crippen molar-refractivity contribution in [1.82, 2.24) is 0 Å². The molecule has 76 valence electrons. The van der Waals surface area contributed by atoms with Crippen LogP contribution in [0.1, 0.15) is 12.0 Å². The molecule has 2 N–H and O–H groups in total. The Kier molecular flexibility index (Phi) is 2.66. The van der Waals surface area contributed by atoms with E-state index in [0.717, 1.165) is 17.9 Å². The quantitative estimate of drug-likeness (QED) is 0.769. The largest absolute Gasteiger partial charge is 0.370 e. The lowest BCUT2D eigenvalue weighted by atomic mass is 9.96. The molecule has 0 spiro atoms. The number of benzene rings is 1.